The third-order valence-corrected chi connectivity index (χ3v) is 3.94. The summed E-state index contributed by atoms with van der Waals surface area (Å²) in [5.41, 5.74) is 1.76. The third kappa shape index (κ3) is 3.80. The van der Waals surface area contributed by atoms with Crippen molar-refractivity contribution in [2.24, 2.45) is 0 Å². The number of rotatable bonds is 5. The van der Waals surface area contributed by atoms with E-state index in [0.717, 1.165) is 11.6 Å². The minimum atomic E-state index is -0.0464. The first kappa shape index (κ1) is 16.8. The van der Waals surface area contributed by atoms with E-state index in [-0.39, 0.29) is 11.9 Å². The summed E-state index contributed by atoms with van der Waals surface area (Å²) in [6.07, 6.45) is 1.62. The number of anilines is 1. The average Bonchev–Trinajstić information content (AvgIpc) is 2.60. The van der Waals surface area contributed by atoms with Crippen LogP contribution in [0.5, 0.6) is 5.75 Å². The van der Waals surface area contributed by atoms with E-state index in [1.807, 2.05) is 43.4 Å². The lowest BCUT2D eigenvalue weighted by Crippen LogP contribution is -2.24. The van der Waals surface area contributed by atoms with Crippen molar-refractivity contribution in [3.05, 3.63) is 53.7 Å². The van der Waals surface area contributed by atoms with Crippen LogP contribution in [-0.4, -0.2) is 44.0 Å². The number of carbonyl (C=O) groups excluding carboxylic acids is 1. The van der Waals surface area contributed by atoms with Gasteiger partial charge in [0.2, 0.25) is 0 Å². The third-order valence-electron chi connectivity index (χ3n) is 3.94. The Balaban J connectivity index is 2.15. The second-order valence-corrected chi connectivity index (χ2v) is 5.66. The van der Waals surface area contributed by atoms with Gasteiger partial charge in [0.25, 0.3) is 5.91 Å². The molecule has 0 bridgehead atoms. The second kappa shape index (κ2) is 7.13. The van der Waals surface area contributed by atoms with E-state index in [0.29, 0.717) is 5.56 Å². The Morgan fingerprint density at radius 2 is 1.74 bits per heavy atom. The molecule has 0 aliphatic rings. The Morgan fingerprint density at radius 3 is 2.22 bits per heavy atom. The van der Waals surface area contributed by atoms with Crippen molar-refractivity contribution in [1.82, 2.24) is 9.88 Å². The summed E-state index contributed by atoms with van der Waals surface area (Å²) >= 11 is 0. The molecule has 1 unspecified atom stereocenters. The molecule has 1 heterocycles. The van der Waals surface area contributed by atoms with Crippen molar-refractivity contribution in [3.63, 3.8) is 0 Å². The smallest absolute Gasteiger partial charge is 0.254 e. The van der Waals surface area contributed by atoms with Crippen LogP contribution in [0.25, 0.3) is 0 Å². The van der Waals surface area contributed by atoms with Crippen LogP contribution in [-0.2, 0) is 0 Å². The van der Waals surface area contributed by atoms with E-state index >= 15 is 0 Å². The first-order chi connectivity index (χ1) is 10.9. The number of hydrogen-bond donors (Lipinski definition) is 0. The van der Waals surface area contributed by atoms with Crippen molar-refractivity contribution >= 4 is 11.7 Å². The monoisotopic (exact) mass is 313 g/mol. The number of pyridine rings is 1. The van der Waals surface area contributed by atoms with Gasteiger partial charge >= 0.3 is 0 Å². The fourth-order valence-corrected chi connectivity index (χ4v) is 2.28. The highest BCUT2D eigenvalue weighted by molar-refractivity contribution is 5.93. The number of ether oxygens (including phenoxy) is 1. The summed E-state index contributed by atoms with van der Waals surface area (Å²) in [4.78, 5) is 19.9. The van der Waals surface area contributed by atoms with Gasteiger partial charge in [-0.15, -0.1) is 0 Å². The molecule has 0 N–H and O–H groups in total. The molecule has 5 heteroatoms. The zero-order valence-electron chi connectivity index (χ0n) is 14.3. The number of benzene rings is 1. The van der Waals surface area contributed by atoms with Crippen molar-refractivity contribution in [2.45, 2.75) is 13.0 Å². The molecule has 5 nitrogen and oxygen atoms in total. The molecule has 1 aromatic heterocycles. The van der Waals surface area contributed by atoms with Crippen molar-refractivity contribution in [3.8, 4) is 5.75 Å². The number of aromatic nitrogens is 1. The number of methoxy groups -OCH3 is 1. The lowest BCUT2D eigenvalue weighted by atomic mass is 10.1. The van der Waals surface area contributed by atoms with Gasteiger partial charge in [-0.1, -0.05) is 12.1 Å². The van der Waals surface area contributed by atoms with E-state index < -0.39 is 0 Å². The molecule has 0 saturated carbocycles. The quantitative estimate of drug-likeness (QED) is 0.851. The van der Waals surface area contributed by atoms with Gasteiger partial charge in [-0.3, -0.25) is 4.79 Å². The Labute approximate surface area is 137 Å². The standard InChI is InChI=1S/C18H23N3O2/c1-13(14-6-9-16(23-5)10-7-14)21(4)17-11-8-15(12-19-17)18(22)20(2)3/h6-13H,1-5H3. The van der Waals surface area contributed by atoms with Gasteiger partial charge in [0.1, 0.15) is 11.6 Å². The maximum absolute atomic E-state index is 11.9. The molecule has 1 aromatic carbocycles. The van der Waals surface area contributed by atoms with Gasteiger partial charge in [-0.2, -0.15) is 0 Å². The van der Waals surface area contributed by atoms with Gasteiger partial charge in [0, 0.05) is 27.3 Å². The van der Waals surface area contributed by atoms with Crippen molar-refractivity contribution < 1.29 is 9.53 Å². The number of hydrogen-bond acceptors (Lipinski definition) is 4. The summed E-state index contributed by atoms with van der Waals surface area (Å²) in [6.45, 7) is 2.11. The van der Waals surface area contributed by atoms with Crippen LogP contribution in [0.1, 0.15) is 28.9 Å². The molecule has 0 saturated heterocycles. The molecular formula is C18H23N3O2. The predicted molar refractivity (Wildman–Crippen MR) is 92.1 cm³/mol. The Morgan fingerprint density at radius 1 is 1.09 bits per heavy atom. The second-order valence-electron chi connectivity index (χ2n) is 5.66. The maximum atomic E-state index is 11.9. The normalized spacial score (nSPS) is 11.7. The highest BCUT2D eigenvalue weighted by Crippen LogP contribution is 2.25. The van der Waals surface area contributed by atoms with E-state index in [2.05, 4.69) is 16.8 Å². The summed E-state index contributed by atoms with van der Waals surface area (Å²) in [6, 6.07) is 11.8. The molecule has 2 rings (SSSR count). The molecule has 122 valence electrons. The topological polar surface area (TPSA) is 45.7 Å². The number of nitrogens with zero attached hydrogens (tertiary/aromatic N) is 3. The van der Waals surface area contributed by atoms with Crippen molar-refractivity contribution in [1.29, 1.82) is 0 Å². The van der Waals surface area contributed by atoms with Crippen LogP contribution >= 0.6 is 0 Å². The molecule has 0 aliphatic heterocycles. The molecule has 0 spiro atoms. The highest BCUT2D eigenvalue weighted by atomic mass is 16.5. The SMILES string of the molecule is COc1ccc(C(C)N(C)c2ccc(C(=O)N(C)C)cn2)cc1. The van der Waals surface area contributed by atoms with Gasteiger partial charge in [-0.05, 0) is 36.8 Å². The van der Waals surface area contributed by atoms with Crippen LogP contribution in [0.2, 0.25) is 0 Å². The van der Waals surface area contributed by atoms with Gasteiger partial charge in [0.15, 0.2) is 0 Å². The zero-order valence-corrected chi connectivity index (χ0v) is 14.3. The minimum absolute atomic E-state index is 0.0464. The average molecular weight is 313 g/mol. The molecule has 1 atom stereocenters. The molecule has 2 aromatic rings. The summed E-state index contributed by atoms with van der Waals surface area (Å²) in [7, 11) is 7.11. The van der Waals surface area contributed by atoms with E-state index in [9.17, 15) is 4.79 Å². The molecule has 0 fully saturated rings. The largest absolute Gasteiger partial charge is 0.497 e. The minimum Gasteiger partial charge on any atom is -0.497 e. The Hall–Kier alpha value is -2.56. The predicted octanol–water partition coefficient (Wildman–Crippen LogP) is 2.99. The molecule has 0 aliphatic carbocycles. The molecular weight excluding hydrogens is 290 g/mol. The fraction of sp³-hybridized carbons (Fsp3) is 0.333. The first-order valence-electron chi connectivity index (χ1n) is 7.48. The van der Waals surface area contributed by atoms with Crippen LogP contribution in [0.4, 0.5) is 5.82 Å². The zero-order chi connectivity index (χ0) is 17.0. The van der Waals surface area contributed by atoms with Crippen LogP contribution in [0.15, 0.2) is 42.6 Å². The summed E-state index contributed by atoms with van der Waals surface area (Å²) < 4.78 is 5.19. The molecule has 1 amide bonds. The summed E-state index contributed by atoms with van der Waals surface area (Å²) in [5.74, 6) is 1.62. The lowest BCUT2D eigenvalue weighted by Gasteiger charge is -2.26. The van der Waals surface area contributed by atoms with Crippen LogP contribution in [0.3, 0.4) is 0 Å². The molecule has 23 heavy (non-hydrogen) atoms. The van der Waals surface area contributed by atoms with E-state index in [4.69, 9.17) is 4.74 Å². The van der Waals surface area contributed by atoms with Gasteiger partial charge < -0.3 is 14.5 Å². The van der Waals surface area contributed by atoms with Gasteiger partial charge in [-0.25, -0.2) is 4.98 Å². The van der Waals surface area contributed by atoms with Gasteiger partial charge in [0.05, 0.1) is 18.7 Å². The van der Waals surface area contributed by atoms with Crippen LogP contribution < -0.4 is 9.64 Å². The lowest BCUT2D eigenvalue weighted by molar-refractivity contribution is 0.0827. The number of carbonyl (C=O) groups is 1. The van der Waals surface area contributed by atoms with Crippen LogP contribution in [0, 0.1) is 0 Å². The van der Waals surface area contributed by atoms with Crippen molar-refractivity contribution in [2.75, 3.05) is 33.2 Å². The fourth-order valence-electron chi connectivity index (χ4n) is 2.28. The molecule has 0 radical (unpaired) electrons. The Bertz CT molecular complexity index is 651. The van der Waals surface area contributed by atoms with E-state index in [1.54, 1.807) is 32.3 Å². The highest BCUT2D eigenvalue weighted by Gasteiger charge is 2.15. The summed E-state index contributed by atoms with van der Waals surface area (Å²) in [5, 5.41) is 0. The maximum Gasteiger partial charge on any atom is 0.254 e. The first-order valence-corrected chi connectivity index (χ1v) is 7.48. The Kier molecular flexibility index (Phi) is 5.21. The van der Waals surface area contributed by atoms with E-state index in [1.165, 1.54) is 5.56 Å². The number of amides is 1.